The highest BCUT2D eigenvalue weighted by atomic mass is 16.5. The van der Waals surface area contributed by atoms with Crippen molar-refractivity contribution in [2.45, 2.75) is 58.8 Å². The molecule has 0 saturated carbocycles. The Hall–Kier alpha value is -0.160. The van der Waals surface area contributed by atoms with Crippen molar-refractivity contribution in [2.24, 2.45) is 0 Å². The van der Waals surface area contributed by atoms with Gasteiger partial charge in [0.05, 0.1) is 18.8 Å². The first-order valence-electron chi connectivity index (χ1n) is 7.14. The third-order valence-electron chi connectivity index (χ3n) is 3.00. The predicted octanol–water partition coefficient (Wildman–Crippen LogP) is 1.48. The highest BCUT2D eigenvalue weighted by Crippen LogP contribution is 1.97. The molecule has 0 heterocycles. The lowest BCUT2D eigenvalue weighted by Gasteiger charge is -2.20. The number of hydrogen-bond donors (Lipinski definition) is 2. The zero-order chi connectivity index (χ0) is 14.0. The number of hydrogen-bond acceptors (Lipinski definition) is 4. The molecular weight excluding hydrogens is 228 g/mol. The third-order valence-corrected chi connectivity index (χ3v) is 3.00. The second kappa shape index (κ2) is 10.7. The van der Waals surface area contributed by atoms with Crippen LogP contribution in [0.15, 0.2) is 0 Å². The summed E-state index contributed by atoms with van der Waals surface area (Å²) in [7, 11) is 2.16. The van der Waals surface area contributed by atoms with E-state index in [0.29, 0.717) is 19.2 Å². The average molecular weight is 260 g/mol. The summed E-state index contributed by atoms with van der Waals surface area (Å²) in [4.78, 5) is 2.35. The number of aliphatic hydroxyl groups is 1. The van der Waals surface area contributed by atoms with Crippen LogP contribution in [0, 0.1) is 0 Å². The molecule has 0 radical (unpaired) electrons. The Morgan fingerprint density at radius 1 is 1.17 bits per heavy atom. The maximum Gasteiger partial charge on any atom is 0.0897 e. The lowest BCUT2D eigenvalue weighted by atomic mass is 10.2. The Kier molecular flexibility index (Phi) is 10.6. The van der Waals surface area contributed by atoms with Gasteiger partial charge in [-0.25, -0.2) is 0 Å². The lowest BCUT2D eigenvalue weighted by Crippen LogP contribution is -2.32. The van der Waals surface area contributed by atoms with Crippen molar-refractivity contribution in [3.8, 4) is 0 Å². The van der Waals surface area contributed by atoms with Crippen LogP contribution in [0.2, 0.25) is 0 Å². The van der Waals surface area contributed by atoms with Crippen molar-refractivity contribution in [2.75, 3.05) is 33.3 Å². The van der Waals surface area contributed by atoms with Crippen molar-refractivity contribution in [3.63, 3.8) is 0 Å². The van der Waals surface area contributed by atoms with E-state index in [4.69, 9.17) is 4.74 Å². The molecular formula is C14H32N2O2. The molecule has 4 heteroatoms. The molecule has 0 amide bonds. The molecule has 0 fully saturated rings. The standard InChI is InChI=1S/C14H32N2O2/c1-12(2)16(5)9-7-6-8-15-10-14(17)11-18-13(3)4/h12-15,17H,6-11H2,1-5H3. The molecule has 1 atom stereocenters. The smallest absolute Gasteiger partial charge is 0.0897 e. The van der Waals surface area contributed by atoms with Crippen LogP contribution in [0.1, 0.15) is 40.5 Å². The van der Waals surface area contributed by atoms with Gasteiger partial charge in [-0.2, -0.15) is 0 Å². The summed E-state index contributed by atoms with van der Waals surface area (Å²) in [6.07, 6.45) is 2.13. The van der Waals surface area contributed by atoms with Crippen molar-refractivity contribution < 1.29 is 9.84 Å². The largest absolute Gasteiger partial charge is 0.389 e. The second-order valence-electron chi connectivity index (χ2n) is 5.52. The van der Waals surface area contributed by atoms with E-state index in [1.165, 1.54) is 6.42 Å². The SMILES string of the molecule is CC(C)OCC(O)CNCCCCN(C)C(C)C. The monoisotopic (exact) mass is 260 g/mol. The van der Waals surface area contributed by atoms with Gasteiger partial charge < -0.3 is 20.1 Å². The van der Waals surface area contributed by atoms with E-state index in [-0.39, 0.29) is 6.10 Å². The Bertz CT molecular complexity index is 187. The Morgan fingerprint density at radius 3 is 2.39 bits per heavy atom. The van der Waals surface area contributed by atoms with Gasteiger partial charge in [-0.05, 0) is 60.7 Å². The van der Waals surface area contributed by atoms with Gasteiger partial charge >= 0.3 is 0 Å². The van der Waals surface area contributed by atoms with Crippen LogP contribution in [0.3, 0.4) is 0 Å². The minimum Gasteiger partial charge on any atom is -0.389 e. The first-order chi connectivity index (χ1) is 8.43. The van der Waals surface area contributed by atoms with Crippen LogP contribution in [-0.2, 0) is 4.74 Å². The molecule has 0 aliphatic carbocycles. The van der Waals surface area contributed by atoms with Gasteiger partial charge in [0.2, 0.25) is 0 Å². The maximum absolute atomic E-state index is 9.62. The number of nitrogens with one attached hydrogen (secondary N) is 1. The predicted molar refractivity (Wildman–Crippen MR) is 77.0 cm³/mol. The van der Waals surface area contributed by atoms with Gasteiger partial charge in [-0.15, -0.1) is 0 Å². The van der Waals surface area contributed by atoms with Crippen molar-refractivity contribution in [3.05, 3.63) is 0 Å². The lowest BCUT2D eigenvalue weighted by molar-refractivity contribution is 0.00645. The van der Waals surface area contributed by atoms with Gasteiger partial charge in [0.25, 0.3) is 0 Å². The molecule has 0 saturated heterocycles. The van der Waals surface area contributed by atoms with Crippen LogP contribution in [0.5, 0.6) is 0 Å². The topological polar surface area (TPSA) is 44.7 Å². The van der Waals surface area contributed by atoms with Crippen LogP contribution in [-0.4, -0.2) is 61.5 Å². The Morgan fingerprint density at radius 2 is 1.83 bits per heavy atom. The van der Waals surface area contributed by atoms with Crippen molar-refractivity contribution >= 4 is 0 Å². The van der Waals surface area contributed by atoms with Crippen LogP contribution < -0.4 is 5.32 Å². The van der Waals surface area contributed by atoms with Gasteiger partial charge in [0.15, 0.2) is 0 Å². The fourth-order valence-corrected chi connectivity index (χ4v) is 1.50. The Labute approximate surface area is 113 Å². The molecule has 0 aromatic rings. The molecule has 2 N–H and O–H groups in total. The molecule has 0 aromatic heterocycles. The van der Waals surface area contributed by atoms with Crippen LogP contribution >= 0.6 is 0 Å². The molecule has 4 nitrogen and oxygen atoms in total. The molecule has 1 unspecified atom stereocenters. The Balaban J connectivity index is 3.29. The highest BCUT2D eigenvalue weighted by Gasteiger charge is 2.05. The molecule has 0 bridgehead atoms. The summed E-state index contributed by atoms with van der Waals surface area (Å²) in [6.45, 7) is 11.5. The molecule has 0 aliphatic rings. The first kappa shape index (κ1) is 17.8. The summed E-state index contributed by atoms with van der Waals surface area (Å²) in [5, 5.41) is 12.9. The van der Waals surface area contributed by atoms with E-state index < -0.39 is 6.10 Å². The molecule has 0 rings (SSSR count). The van der Waals surface area contributed by atoms with E-state index in [1.54, 1.807) is 0 Å². The summed E-state index contributed by atoms with van der Waals surface area (Å²) in [6, 6.07) is 0.618. The van der Waals surface area contributed by atoms with E-state index in [9.17, 15) is 5.11 Å². The second-order valence-corrected chi connectivity index (χ2v) is 5.52. The van der Waals surface area contributed by atoms with Crippen molar-refractivity contribution in [1.29, 1.82) is 0 Å². The van der Waals surface area contributed by atoms with Gasteiger partial charge in [-0.3, -0.25) is 0 Å². The van der Waals surface area contributed by atoms with Crippen LogP contribution in [0.4, 0.5) is 0 Å². The number of aliphatic hydroxyl groups excluding tert-OH is 1. The van der Waals surface area contributed by atoms with Crippen molar-refractivity contribution in [1.82, 2.24) is 10.2 Å². The minimum absolute atomic E-state index is 0.186. The zero-order valence-electron chi connectivity index (χ0n) is 12.8. The molecule has 0 aromatic carbocycles. The summed E-state index contributed by atoms with van der Waals surface area (Å²) < 4.78 is 5.34. The van der Waals surface area contributed by atoms with E-state index >= 15 is 0 Å². The minimum atomic E-state index is -0.397. The van der Waals surface area contributed by atoms with E-state index in [0.717, 1.165) is 19.5 Å². The number of unbranched alkanes of at least 4 members (excludes halogenated alkanes) is 1. The number of rotatable bonds is 11. The van der Waals surface area contributed by atoms with Gasteiger partial charge in [-0.1, -0.05) is 0 Å². The molecule has 110 valence electrons. The number of nitrogens with zero attached hydrogens (tertiary/aromatic N) is 1. The zero-order valence-corrected chi connectivity index (χ0v) is 12.8. The normalized spacial score (nSPS) is 13.8. The first-order valence-corrected chi connectivity index (χ1v) is 7.14. The molecule has 0 spiro atoms. The van der Waals surface area contributed by atoms with Gasteiger partial charge in [0, 0.05) is 12.6 Å². The summed E-state index contributed by atoms with van der Waals surface area (Å²) >= 11 is 0. The third kappa shape index (κ3) is 11.0. The fraction of sp³-hybridized carbons (Fsp3) is 1.00. The van der Waals surface area contributed by atoms with Gasteiger partial charge in [0.1, 0.15) is 0 Å². The fourth-order valence-electron chi connectivity index (χ4n) is 1.50. The molecule has 18 heavy (non-hydrogen) atoms. The number of ether oxygens (including phenoxy) is 1. The highest BCUT2D eigenvalue weighted by molar-refractivity contribution is 4.61. The van der Waals surface area contributed by atoms with E-state index in [2.05, 4.69) is 31.1 Å². The summed E-state index contributed by atoms with van der Waals surface area (Å²) in [5.74, 6) is 0. The van der Waals surface area contributed by atoms with Crippen LogP contribution in [0.25, 0.3) is 0 Å². The maximum atomic E-state index is 9.62. The van der Waals surface area contributed by atoms with E-state index in [1.807, 2.05) is 13.8 Å². The molecule has 0 aliphatic heterocycles. The summed E-state index contributed by atoms with van der Waals surface area (Å²) in [5.41, 5.74) is 0. The quantitative estimate of drug-likeness (QED) is 0.552. The average Bonchev–Trinajstić information content (AvgIpc) is 2.30.